The van der Waals surface area contributed by atoms with Crippen LogP contribution in [0.3, 0.4) is 0 Å². The van der Waals surface area contributed by atoms with Crippen molar-refractivity contribution in [2.75, 3.05) is 0 Å². The van der Waals surface area contributed by atoms with E-state index in [1.165, 1.54) is 4.68 Å². The van der Waals surface area contributed by atoms with Crippen molar-refractivity contribution in [3.63, 3.8) is 0 Å². The molecule has 0 N–H and O–H groups in total. The maximum absolute atomic E-state index is 11.7. The van der Waals surface area contributed by atoms with Gasteiger partial charge in [0, 0.05) is 24.2 Å². The molecular formula is C11H12ClN3O. The van der Waals surface area contributed by atoms with E-state index in [4.69, 9.17) is 11.6 Å². The third-order valence-electron chi connectivity index (χ3n) is 2.43. The van der Waals surface area contributed by atoms with Crippen molar-refractivity contribution >= 4 is 11.6 Å². The first-order valence-corrected chi connectivity index (χ1v) is 5.41. The molecule has 0 amide bonds. The molecule has 2 rings (SSSR count). The van der Waals surface area contributed by atoms with Gasteiger partial charge in [0.1, 0.15) is 0 Å². The molecule has 16 heavy (non-hydrogen) atoms. The fourth-order valence-electron chi connectivity index (χ4n) is 1.60. The summed E-state index contributed by atoms with van der Waals surface area (Å²) in [5, 5.41) is 4.88. The van der Waals surface area contributed by atoms with E-state index >= 15 is 0 Å². The first-order valence-electron chi connectivity index (χ1n) is 5.03. The van der Waals surface area contributed by atoms with Crippen molar-refractivity contribution in [3.05, 3.63) is 39.8 Å². The van der Waals surface area contributed by atoms with E-state index in [0.29, 0.717) is 17.4 Å². The Balaban J connectivity index is 2.60. The molecule has 4 nitrogen and oxygen atoms in total. The molecule has 0 aliphatic rings. The van der Waals surface area contributed by atoms with Crippen LogP contribution in [0.5, 0.6) is 0 Å². The summed E-state index contributed by atoms with van der Waals surface area (Å²) in [4.78, 5) is 11.7. The number of rotatable bonds is 2. The number of aromatic nitrogens is 3. The number of hydrogen-bond donors (Lipinski definition) is 0. The molecule has 0 spiro atoms. The third kappa shape index (κ3) is 1.76. The molecule has 0 atom stereocenters. The Morgan fingerprint density at radius 3 is 2.50 bits per heavy atom. The first-order chi connectivity index (χ1) is 7.63. The minimum Gasteiger partial charge on any atom is -0.275 e. The average Bonchev–Trinajstić information content (AvgIpc) is 2.56. The molecule has 2 aromatic rings. The number of aryl methyl sites for hydroxylation is 1. The van der Waals surface area contributed by atoms with Gasteiger partial charge in [-0.2, -0.15) is 0 Å². The monoisotopic (exact) mass is 237 g/mol. The smallest absolute Gasteiger partial charge is 0.275 e. The topological polar surface area (TPSA) is 39.8 Å². The molecule has 1 aromatic carbocycles. The van der Waals surface area contributed by atoms with E-state index < -0.39 is 0 Å². The lowest BCUT2D eigenvalue weighted by Crippen LogP contribution is -2.22. The van der Waals surface area contributed by atoms with Crippen molar-refractivity contribution in [3.8, 4) is 11.4 Å². The van der Waals surface area contributed by atoms with Crippen LogP contribution in [0.25, 0.3) is 11.4 Å². The van der Waals surface area contributed by atoms with Gasteiger partial charge in [-0.1, -0.05) is 11.6 Å². The lowest BCUT2D eigenvalue weighted by Gasteiger charge is -2.01. The molecule has 0 aliphatic heterocycles. The minimum absolute atomic E-state index is 0.104. The summed E-state index contributed by atoms with van der Waals surface area (Å²) >= 11 is 5.82. The second kappa shape index (κ2) is 4.14. The molecule has 1 aromatic heterocycles. The summed E-state index contributed by atoms with van der Waals surface area (Å²) in [5.74, 6) is 0.673. The van der Waals surface area contributed by atoms with E-state index in [1.54, 1.807) is 23.7 Å². The van der Waals surface area contributed by atoms with E-state index in [1.807, 2.05) is 19.1 Å². The Kier molecular flexibility index (Phi) is 2.83. The van der Waals surface area contributed by atoms with Crippen LogP contribution in [0.4, 0.5) is 0 Å². The minimum atomic E-state index is -0.104. The van der Waals surface area contributed by atoms with Crippen LogP contribution in [0.2, 0.25) is 5.02 Å². The van der Waals surface area contributed by atoms with E-state index in [-0.39, 0.29) is 5.69 Å². The van der Waals surface area contributed by atoms with Crippen LogP contribution in [-0.4, -0.2) is 14.3 Å². The van der Waals surface area contributed by atoms with Gasteiger partial charge in [-0.05, 0) is 31.2 Å². The number of hydrogen-bond acceptors (Lipinski definition) is 2. The van der Waals surface area contributed by atoms with Crippen LogP contribution in [-0.2, 0) is 13.6 Å². The maximum atomic E-state index is 11.7. The quantitative estimate of drug-likeness (QED) is 0.801. The molecule has 0 fully saturated rings. The van der Waals surface area contributed by atoms with Crippen molar-refractivity contribution in [2.45, 2.75) is 13.5 Å². The summed E-state index contributed by atoms with van der Waals surface area (Å²) in [5.41, 5.74) is 0.788. The van der Waals surface area contributed by atoms with Crippen molar-refractivity contribution in [1.82, 2.24) is 14.3 Å². The van der Waals surface area contributed by atoms with Gasteiger partial charge in [-0.3, -0.25) is 4.57 Å². The molecule has 0 aliphatic carbocycles. The summed E-state index contributed by atoms with van der Waals surface area (Å²) in [6.07, 6.45) is 0. The Labute approximate surface area is 98.1 Å². The van der Waals surface area contributed by atoms with Gasteiger partial charge < -0.3 is 0 Å². The van der Waals surface area contributed by atoms with E-state index in [0.717, 1.165) is 5.56 Å². The van der Waals surface area contributed by atoms with E-state index in [9.17, 15) is 4.79 Å². The fourth-order valence-corrected chi connectivity index (χ4v) is 1.73. The molecule has 0 unspecified atom stereocenters. The number of halogens is 1. The number of nitrogens with zero attached hydrogens (tertiary/aromatic N) is 3. The first kappa shape index (κ1) is 11.0. The highest BCUT2D eigenvalue weighted by Crippen LogP contribution is 2.18. The molecule has 0 saturated heterocycles. The van der Waals surface area contributed by atoms with Gasteiger partial charge in [0.2, 0.25) is 0 Å². The summed E-state index contributed by atoms with van der Waals surface area (Å²) in [7, 11) is 1.65. The van der Waals surface area contributed by atoms with Gasteiger partial charge in [0.15, 0.2) is 5.82 Å². The molecule has 84 valence electrons. The standard InChI is InChI=1S/C11H12ClN3O/c1-3-15-10(13-14(2)11(15)16)8-4-6-9(12)7-5-8/h4-7H,3H2,1-2H3. The second-order valence-electron chi connectivity index (χ2n) is 3.48. The predicted molar refractivity (Wildman–Crippen MR) is 63.6 cm³/mol. The third-order valence-corrected chi connectivity index (χ3v) is 2.68. The Morgan fingerprint density at radius 2 is 1.94 bits per heavy atom. The van der Waals surface area contributed by atoms with Gasteiger partial charge in [0.05, 0.1) is 0 Å². The van der Waals surface area contributed by atoms with Gasteiger partial charge in [-0.25, -0.2) is 9.48 Å². The molecular weight excluding hydrogens is 226 g/mol. The lowest BCUT2D eigenvalue weighted by atomic mass is 10.2. The molecule has 0 bridgehead atoms. The zero-order valence-electron chi connectivity index (χ0n) is 9.14. The zero-order chi connectivity index (χ0) is 11.7. The Bertz CT molecular complexity index is 554. The van der Waals surface area contributed by atoms with Crippen LogP contribution in [0.15, 0.2) is 29.1 Å². The second-order valence-corrected chi connectivity index (χ2v) is 3.92. The summed E-state index contributed by atoms with van der Waals surface area (Å²) in [6, 6.07) is 7.29. The normalized spacial score (nSPS) is 10.7. The highest BCUT2D eigenvalue weighted by Gasteiger charge is 2.11. The van der Waals surface area contributed by atoms with Crippen molar-refractivity contribution < 1.29 is 0 Å². The SMILES string of the molecule is CCn1c(-c2ccc(Cl)cc2)nn(C)c1=O. The Morgan fingerprint density at radius 1 is 1.31 bits per heavy atom. The summed E-state index contributed by atoms with van der Waals surface area (Å²) < 4.78 is 2.97. The van der Waals surface area contributed by atoms with Crippen LogP contribution >= 0.6 is 11.6 Å². The number of benzene rings is 1. The molecule has 1 heterocycles. The van der Waals surface area contributed by atoms with Gasteiger partial charge >= 0.3 is 5.69 Å². The van der Waals surface area contributed by atoms with E-state index in [2.05, 4.69) is 5.10 Å². The molecule has 0 saturated carbocycles. The Hall–Kier alpha value is -1.55. The summed E-state index contributed by atoms with van der Waals surface area (Å²) in [6.45, 7) is 2.52. The largest absolute Gasteiger partial charge is 0.345 e. The highest BCUT2D eigenvalue weighted by atomic mass is 35.5. The zero-order valence-corrected chi connectivity index (χ0v) is 9.90. The van der Waals surface area contributed by atoms with Crippen LogP contribution < -0.4 is 5.69 Å². The molecule has 0 radical (unpaired) electrons. The van der Waals surface area contributed by atoms with Crippen molar-refractivity contribution in [1.29, 1.82) is 0 Å². The van der Waals surface area contributed by atoms with Crippen LogP contribution in [0, 0.1) is 0 Å². The van der Waals surface area contributed by atoms with Gasteiger partial charge in [-0.15, -0.1) is 5.10 Å². The van der Waals surface area contributed by atoms with Crippen molar-refractivity contribution in [2.24, 2.45) is 7.05 Å². The van der Waals surface area contributed by atoms with Crippen LogP contribution in [0.1, 0.15) is 6.92 Å². The maximum Gasteiger partial charge on any atom is 0.345 e. The highest BCUT2D eigenvalue weighted by molar-refractivity contribution is 6.30. The lowest BCUT2D eigenvalue weighted by molar-refractivity contribution is 0.678. The fraction of sp³-hybridized carbons (Fsp3) is 0.273. The average molecular weight is 238 g/mol. The predicted octanol–water partition coefficient (Wildman–Crippen LogP) is 1.92. The van der Waals surface area contributed by atoms with Gasteiger partial charge in [0.25, 0.3) is 0 Å². The molecule has 5 heteroatoms.